The van der Waals surface area contributed by atoms with E-state index in [0.29, 0.717) is 6.04 Å². The van der Waals surface area contributed by atoms with Gasteiger partial charge in [-0.3, -0.25) is 4.90 Å². The van der Waals surface area contributed by atoms with Crippen molar-refractivity contribution in [3.63, 3.8) is 0 Å². The van der Waals surface area contributed by atoms with Crippen molar-refractivity contribution in [3.8, 4) is 0 Å². The molecule has 1 heterocycles. The van der Waals surface area contributed by atoms with Gasteiger partial charge in [-0.15, -0.1) is 0 Å². The Hall–Kier alpha value is -0.930. The fourth-order valence-corrected chi connectivity index (χ4v) is 3.43. The second-order valence-corrected chi connectivity index (χ2v) is 6.35. The minimum Gasteiger partial charge on any atom is -0.308 e. The van der Waals surface area contributed by atoms with Gasteiger partial charge in [-0.05, 0) is 37.0 Å². The van der Waals surface area contributed by atoms with Crippen molar-refractivity contribution in [1.82, 2.24) is 10.2 Å². The van der Waals surface area contributed by atoms with Crippen LogP contribution in [-0.2, 0) is 6.54 Å². The van der Waals surface area contributed by atoms with Gasteiger partial charge in [0.15, 0.2) is 0 Å². The van der Waals surface area contributed by atoms with E-state index in [1.165, 1.54) is 18.9 Å². The van der Waals surface area contributed by atoms with Crippen molar-refractivity contribution < 1.29 is 4.39 Å². The largest absolute Gasteiger partial charge is 0.308 e. The van der Waals surface area contributed by atoms with Crippen molar-refractivity contribution in [1.29, 1.82) is 0 Å². The summed E-state index contributed by atoms with van der Waals surface area (Å²) in [6.07, 6.45) is 4.67. The molecule has 1 aliphatic rings. The Bertz CT molecular complexity index is 443. The summed E-state index contributed by atoms with van der Waals surface area (Å²) in [5.74, 6) is -0.132. The summed E-state index contributed by atoms with van der Waals surface area (Å²) >= 11 is 0. The van der Waals surface area contributed by atoms with Crippen molar-refractivity contribution in [3.05, 3.63) is 35.6 Å². The molecule has 21 heavy (non-hydrogen) atoms. The average Bonchev–Trinajstić information content (AvgIpc) is 2.49. The van der Waals surface area contributed by atoms with Crippen molar-refractivity contribution in [2.45, 2.75) is 64.6 Å². The van der Waals surface area contributed by atoms with Crippen LogP contribution in [0, 0.1) is 5.82 Å². The predicted octanol–water partition coefficient (Wildman–Crippen LogP) is 3.96. The third-order valence-corrected chi connectivity index (χ3v) is 4.98. The third-order valence-electron chi connectivity index (χ3n) is 4.98. The fraction of sp³-hybridized carbons (Fsp3) is 0.667. The van der Waals surface area contributed by atoms with Gasteiger partial charge >= 0.3 is 0 Å². The van der Waals surface area contributed by atoms with Crippen LogP contribution in [0.25, 0.3) is 0 Å². The quantitative estimate of drug-likeness (QED) is 0.854. The monoisotopic (exact) mass is 292 g/mol. The molecule has 0 aromatic heterocycles. The Balaban J connectivity index is 2.13. The molecule has 1 aromatic rings. The third kappa shape index (κ3) is 4.04. The maximum absolute atomic E-state index is 13.4. The van der Waals surface area contributed by atoms with Gasteiger partial charge in [0.05, 0.1) is 0 Å². The lowest BCUT2D eigenvalue weighted by molar-refractivity contribution is 0.0616. The molecular weight excluding hydrogens is 263 g/mol. The zero-order valence-electron chi connectivity index (χ0n) is 13.7. The van der Waals surface area contributed by atoms with Crippen LogP contribution < -0.4 is 5.32 Å². The molecule has 1 saturated heterocycles. The van der Waals surface area contributed by atoms with Gasteiger partial charge < -0.3 is 5.32 Å². The van der Waals surface area contributed by atoms with Crippen LogP contribution in [0.5, 0.6) is 0 Å². The number of piperazine rings is 1. The molecule has 3 heteroatoms. The first-order valence-electron chi connectivity index (χ1n) is 8.36. The van der Waals surface area contributed by atoms with Crippen LogP contribution in [0.15, 0.2) is 24.3 Å². The van der Waals surface area contributed by atoms with E-state index in [2.05, 4.69) is 31.0 Å². The maximum Gasteiger partial charge on any atom is 0.123 e. The van der Waals surface area contributed by atoms with Gasteiger partial charge in [0.1, 0.15) is 5.82 Å². The highest BCUT2D eigenvalue weighted by molar-refractivity contribution is 5.16. The Morgan fingerprint density at radius 1 is 1.29 bits per heavy atom. The molecule has 0 aliphatic carbocycles. The topological polar surface area (TPSA) is 15.3 Å². The van der Waals surface area contributed by atoms with E-state index in [0.717, 1.165) is 38.0 Å². The standard InChI is InChI=1S/C18H29FN2/c1-4-8-17-12-20-18(5-2,6-3)14-21(17)13-15-9-7-10-16(19)11-15/h7,9-11,17,20H,4-6,8,12-14H2,1-3H3. The molecule has 0 bridgehead atoms. The van der Waals surface area contributed by atoms with Crippen LogP contribution in [0.3, 0.4) is 0 Å². The molecule has 1 atom stereocenters. The SMILES string of the molecule is CCCC1CNC(CC)(CC)CN1Cc1cccc(F)c1. The van der Waals surface area contributed by atoms with E-state index >= 15 is 0 Å². The Labute approximate surface area is 128 Å². The molecule has 0 amide bonds. The molecule has 1 unspecified atom stereocenters. The predicted molar refractivity (Wildman–Crippen MR) is 86.8 cm³/mol. The van der Waals surface area contributed by atoms with E-state index in [9.17, 15) is 4.39 Å². The number of hydrogen-bond donors (Lipinski definition) is 1. The van der Waals surface area contributed by atoms with Gasteiger partial charge in [-0.1, -0.05) is 39.3 Å². The highest BCUT2D eigenvalue weighted by Gasteiger charge is 2.36. The number of halogens is 1. The van der Waals surface area contributed by atoms with Crippen LogP contribution in [0.2, 0.25) is 0 Å². The lowest BCUT2D eigenvalue weighted by Gasteiger charge is -2.47. The minimum atomic E-state index is -0.132. The van der Waals surface area contributed by atoms with E-state index in [-0.39, 0.29) is 11.4 Å². The Morgan fingerprint density at radius 3 is 2.67 bits per heavy atom. The number of nitrogens with zero attached hydrogens (tertiary/aromatic N) is 1. The number of hydrogen-bond acceptors (Lipinski definition) is 2. The first-order valence-corrected chi connectivity index (χ1v) is 8.36. The summed E-state index contributed by atoms with van der Waals surface area (Å²) in [6.45, 7) is 9.72. The molecule has 1 N–H and O–H groups in total. The summed E-state index contributed by atoms with van der Waals surface area (Å²) in [4.78, 5) is 2.56. The molecule has 1 fully saturated rings. The van der Waals surface area contributed by atoms with Crippen LogP contribution in [0.1, 0.15) is 52.0 Å². The number of nitrogens with one attached hydrogen (secondary N) is 1. The normalized spacial score (nSPS) is 22.4. The summed E-state index contributed by atoms with van der Waals surface area (Å²) in [5.41, 5.74) is 1.30. The summed E-state index contributed by atoms with van der Waals surface area (Å²) in [5, 5.41) is 3.78. The van der Waals surface area contributed by atoms with Crippen LogP contribution in [-0.4, -0.2) is 29.6 Å². The van der Waals surface area contributed by atoms with Gasteiger partial charge in [0.2, 0.25) is 0 Å². The van der Waals surface area contributed by atoms with Gasteiger partial charge in [-0.2, -0.15) is 0 Å². The van der Waals surface area contributed by atoms with Gasteiger partial charge in [0, 0.05) is 31.2 Å². The molecule has 0 saturated carbocycles. The Morgan fingerprint density at radius 2 is 2.05 bits per heavy atom. The molecule has 2 rings (SSSR count). The van der Waals surface area contributed by atoms with Gasteiger partial charge in [0.25, 0.3) is 0 Å². The number of benzene rings is 1. The molecular formula is C18H29FN2. The molecule has 0 spiro atoms. The zero-order valence-corrected chi connectivity index (χ0v) is 13.7. The fourth-order valence-electron chi connectivity index (χ4n) is 3.43. The highest BCUT2D eigenvalue weighted by Crippen LogP contribution is 2.26. The molecule has 1 aliphatic heterocycles. The van der Waals surface area contributed by atoms with Crippen LogP contribution in [0.4, 0.5) is 4.39 Å². The van der Waals surface area contributed by atoms with E-state index in [1.807, 2.05) is 12.1 Å². The summed E-state index contributed by atoms with van der Waals surface area (Å²) < 4.78 is 13.4. The maximum atomic E-state index is 13.4. The van der Waals surface area contributed by atoms with Crippen molar-refractivity contribution >= 4 is 0 Å². The van der Waals surface area contributed by atoms with Crippen molar-refractivity contribution in [2.75, 3.05) is 13.1 Å². The molecule has 2 nitrogen and oxygen atoms in total. The Kier molecular flexibility index (Phi) is 5.77. The minimum absolute atomic E-state index is 0.132. The van der Waals surface area contributed by atoms with E-state index in [4.69, 9.17) is 0 Å². The van der Waals surface area contributed by atoms with E-state index < -0.39 is 0 Å². The first-order chi connectivity index (χ1) is 10.1. The highest BCUT2D eigenvalue weighted by atomic mass is 19.1. The zero-order chi connectivity index (χ0) is 15.3. The average molecular weight is 292 g/mol. The first kappa shape index (κ1) is 16.4. The second kappa shape index (κ2) is 7.37. The molecule has 0 radical (unpaired) electrons. The summed E-state index contributed by atoms with van der Waals surface area (Å²) in [7, 11) is 0. The lowest BCUT2D eigenvalue weighted by atomic mass is 9.87. The smallest absolute Gasteiger partial charge is 0.123 e. The molecule has 118 valence electrons. The second-order valence-electron chi connectivity index (χ2n) is 6.35. The van der Waals surface area contributed by atoms with E-state index in [1.54, 1.807) is 6.07 Å². The summed E-state index contributed by atoms with van der Waals surface area (Å²) in [6, 6.07) is 7.60. The number of rotatable bonds is 6. The molecule has 1 aromatic carbocycles. The van der Waals surface area contributed by atoms with Crippen LogP contribution >= 0.6 is 0 Å². The van der Waals surface area contributed by atoms with Crippen molar-refractivity contribution in [2.24, 2.45) is 0 Å². The lowest BCUT2D eigenvalue weighted by Crippen LogP contribution is -2.63. The van der Waals surface area contributed by atoms with Gasteiger partial charge in [-0.25, -0.2) is 4.39 Å².